The smallest absolute Gasteiger partial charge is 0.335 e. The Morgan fingerprint density at radius 2 is 1.95 bits per heavy atom. The van der Waals surface area contributed by atoms with E-state index in [2.05, 4.69) is 20.4 Å². The van der Waals surface area contributed by atoms with Crippen LogP contribution in [-0.2, 0) is 0 Å². The molecule has 0 spiro atoms. The highest BCUT2D eigenvalue weighted by Crippen LogP contribution is 2.22. The lowest BCUT2D eigenvalue weighted by Crippen LogP contribution is -2.05. The molecular weight excluding hydrogens is 276 g/mol. The largest absolute Gasteiger partial charge is 0.478 e. The maximum Gasteiger partial charge on any atom is 0.335 e. The van der Waals surface area contributed by atoms with Crippen molar-refractivity contribution < 1.29 is 14.3 Å². The lowest BCUT2D eigenvalue weighted by Gasteiger charge is -1.97. The fourth-order valence-electron chi connectivity index (χ4n) is 1.69. The summed E-state index contributed by atoms with van der Waals surface area (Å²) in [4.78, 5) is 21.9. The maximum atomic E-state index is 10.9. The Balaban J connectivity index is 1.98. The van der Waals surface area contributed by atoms with E-state index in [1.807, 2.05) is 0 Å². The first-order valence-electron chi connectivity index (χ1n) is 5.87. The van der Waals surface area contributed by atoms with Crippen molar-refractivity contribution in [1.82, 2.24) is 20.4 Å². The predicted octanol–water partition coefficient (Wildman–Crippen LogP) is 1.19. The van der Waals surface area contributed by atoms with Crippen molar-refractivity contribution in [2.75, 3.05) is 0 Å². The van der Waals surface area contributed by atoms with E-state index in [4.69, 9.17) is 9.52 Å². The second-order valence-electron chi connectivity index (χ2n) is 4.10. The average molecular weight is 284 g/mol. The van der Waals surface area contributed by atoms with E-state index in [1.165, 1.54) is 24.3 Å². The molecule has 0 radical (unpaired) electrons. The summed E-state index contributed by atoms with van der Waals surface area (Å²) in [6, 6.07) is 8.87. The Labute approximate surface area is 117 Å². The van der Waals surface area contributed by atoms with Crippen molar-refractivity contribution >= 4 is 5.97 Å². The van der Waals surface area contributed by atoms with Gasteiger partial charge in [0.25, 0.3) is 11.4 Å². The van der Waals surface area contributed by atoms with E-state index < -0.39 is 5.97 Å². The van der Waals surface area contributed by atoms with Crippen LogP contribution in [0.3, 0.4) is 0 Å². The van der Waals surface area contributed by atoms with Crippen LogP contribution < -0.4 is 5.56 Å². The number of carbonyl (C=O) groups is 1. The summed E-state index contributed by atoms with van der Waals surface area (Å²) in [6.45, 7) is 0. The monoisotopic (exact) mass is 284 g/mol. The van der Waals surface area contributed by atoms with E-state index >= 15 is 0 Å². The summed E-state index contributed by atoms with van der Waals surface area (Å²) in [5, 5.41) is 22.7. The fraction of sp³-hybridized carbons (Fsp3) is 0. The van der Waals surface area contributed by atoms with Crippen LogP contribution in [0.25, 0.3) is 23.0 Å². The van der Waals surface area contributed by atoms with Crippen LogP contribution in [0.5, 0.6) is 0 Å². The number of hydrogen-bond acceptors (Lipinski definition) is 6. The Bertz CT molecular complexity index is 848. The molecule has 21 heavy (non-hydrogen) atoms. The van der Waals surface area contributed by atoms with Gasteiger partial charge in [0.1, 0.15) is 5.69 Å². The molecule has 2 aromatic heterocycles. The number of aromatic nitrogens is 4. The number of hydrogen-bond donors (Lipinski definition) is 2. The summed E-state index contributed by atoms with van der Waals surface area (Å²) >= 11 is 0. The number of rotatable bonds is 3. The molecular formula is C13H8N4O4. The van der Waals surface area contributed by atoms with Gasteiger partial charge in [0, 0.05) is 11.6 Å². The molecule has 0 aliphatic rings. The highest BCUT2D eigenvalue weighted by Gasteiger charge is 2.13. The lowest BCUT2D eigenvalue weighted by atomic mass is 10.1. The van der Waals surface area contributed by atoms with Gasteiger partial charge in [-0.1, -0.05) is 6.07 Å². The quantitative estimate of drug-likeness (QED) is 0.740. The van der Waals surface area contributed by atoms with Crippen molar-refractivity contribution in [3.05, 3.63) is 52.3 Å². The van der Waals surface area contributed by atoms with E-state index in [9.17, 15) is 9.59 Å². The Hall–Kier alpha value is -3.29. The van der Waals surface area contributed by atoms with Gasteiger partial charge in [-0.2, -0.15) is 5.10 Å². The van der Waals surface area contributed by atoms with Crippen molar-refractivity contribution in [2.24, 2.45) is 0 Å². The summed E-state index contributed by atoms with van der Waals surface area (Å²) in [6.07, 6.45) is 0. The number of benzene rings is 1. The highest BCUT2D eigenvalue weighted by atomic mass is 16.4. The first-order chi connectivity index (χ1) is 10.1. The Morgan fingerprint density at radius 1 is 1.14 bits per heavy atom. The predicted molar refractivity (Wildman–Crippen MR) is 70.5 cm³/mol. The molecule has 2 heterocycles. The van der Waals surface area contributed by atoms with Gasteiger partial charge in [-0.25, -0.2) is 9.89 Å². The van der Waals surface area contributed by atoms with Gasteiger partial charge in [-0.15, -0.1) is 10.2 Å². The molecule has 8 heteroatoms. The van der Waals surface area contributed by atoms with Gasteiger partial charge >= 0.3 is 5.97 Å². The topological polar surface area (TPSA) is 122 Å². The molecule has 1 aromatic carbocycles. The molecule has 0 bridgehead atoms. The average Bonchev–Trinajstić information content (AvgIpc) is 2.98. The standard InChI is InChI=1S/C13H8N4O4/c18-10-5-4-9(14-15-10)12-17-16-11(21-12)7-2-1-3-8(6-7)13(19)20/h1-6H,(H,15,18)(H,19,20). The van der Waals surface area contributed by atoms with Crippen molar-refractivity contribution in [1.29, 1.82) is 0 Å². The van der Waals surface area contributed by atoms with Gasteiger partial charge in [-0.3, -0.25) is 4.79 Å². The van der Waals surface area contributed by atoms with Crippen LogP contribution in [0.2, 0.25) is 0 Å². The summed E-state index contributed by atoms with van der Waals surface area (Å²) < 4.78 is 5.43. The van der Waals surface area contributed by atoms with E-state index in [-0.39, 0.29) is 22.9 Å². The molecule has 3 rings (SSSR count). The highest BCUT2D eigenvalue weighted by molar-refractivity contribution is 5.88. The number of aromatic amines is 1. The van der Waals surface area contributed by atoms with Crippen LogP contribution in [0.4, 0.5) is 0 Å². The molecule has 8 nitrogen and oxygen atoms in total. The second kappa shape index (κ2) is 5.00. The van der Waals surface area contributed by atoms with Crippen molar-refractivity contribution in [3.8, 4) is 23.0 Å². The molecule has 104 valence electrons. The third-order valence-electron chi connectivity index (χ3n) is 2.68. The minimum atomic E-state index is -1.04. The van der Waals surface area contributed by atoms with Crippen LogP contribution in [0.1, 0.15) is 10.4 Å². The summed E-state index contributed by atoms with van der Waals surface area (Å²) in [5.74, 6) is -0.748. The first-order valence-corrected chi connectivity index (χ1v) is 5.87. The number of H-pyrrole nitrogens is 1. The zero-order valence-corrected chi connectivity index (χ0v) is 10.5. The van der Waals surface area contributed by atoms with Crippen LogP contribution in [-0.4, -0.2) is 31.5 Å². The van der Waals surface area contributed by atoms with Gasteiger partial charge in [0.15, 0.2) is 0 Å². The maximum absolute atomic E-state index is 10.9. The second-order valence-corrected chi connectivity index (χ2v) is 4.10. The van der Waals surface area contributed by atoms with E-state index in [0.29, 0.717) is 11.3 Å². The molecule has 0 aliphatic carbocycles. The minimum Gasteiger partial charge on any atom is -0.478 e. The van der Waals surface area contributed by atoms with Crippen LogP contribution in [0.15, 0.2) is 45.6 Å². The van der Waals surface area contributed by atoms with Crippen molar-refractivity contribution in [2.45, 2.75) is 0 Å². The number of carboxylic acid groups (broad SMARTS) is 1. The minimum absolute atomic E-state index is 0.120. The molecule has 0 fully saturated rings. The molecule has 0 amide bonds. The Morgan fingerprint density at radius 3 is 2.67 bits per heavy atom. The van der Waals surface area contributed by atoms with Gasteiger partial charge in [0.05, 0.1) is 5.56 Å². The first kappa shape index (κ1) is 12.7. The van der Waals surface area contributed by atoms with Gasteiger partial charge < -0.3 is 9.52 Å². The number of nitrogens with zero attached hydrogens (tertiary/aromatic N) is 3. The number of aromatic carboxylic acids is 1. The zero-order valence-electron chi connectivity index (χ0n) is 10.5. The van der Waals surface area contributed by atoms with Crippen LogP contribution in [0, 0.1) is 0 Å². The molecule has 0 atom stereocenters. The lowest BCUT2D eigenvalue weighted by molar-refractivity contribution is 0.0697. The summed E-state index contributed by atoms with van der Waals surface area (Å²) in [5.41, 5.74) is 0.586. The van der Waals surface area contributed by atoms with E-state index in [1.54, 1.807) is 12.1 Å². The van der Waals surface area contributed by atoms with Crippen molar-refractivity contribution in [3.63, 3.8) is 0 Å². The number of carboxylic acids is 1. The fourth-order valence-corrected chi connectivity index (χ4v) is 1.69. The third kappa shape index (κ3) is 2.54. The zero-order chi connectivity index (χ0) is 14.8. The normalized spacial score (nSPS) is 10.5. The molecule has 0 saturated carbocycles. The number of nitrogens with one attached hydrogen (secondary N) is 1. The van der Waals surface area contributed by atoms with Crippen LogP contribution >= 0.6 is 0 Å². The molecule has 0 saturated heterocycles. The van der Waals surface area contributed by atoms with Gasteiger partial charge in [-0.05, 0) is 24.3 Å². The molecule has 3 aromatic rings. The Kier molecular flexibility index (Phi) is 3.03. The van der Waals surface area contributed by atoms with E-state index in [0.717, 1.165) is 0 Å². The molecule has 0 aliphatic heterocycles. The summed E-state index contributed by atoms with van der Waals surface area (Å²) in [7, 11) is 0. The SMILES string of the molecule is O=C(O)c1cccc(-c2nnc(-c3ccc(=O)[nH]n3)o2)c1. The molecule has 0 unspecified atom stereocenters. The molecule has 2 N–H and O–H groups in total. The van der Waals surface area contributed by atoms with Gasteiger partial charge in [0.2, 0.25) is 5.89 Å². The third-order valence-corrected chi connectivity index (χ3v) is 2.68.